The predicted octanol–water partition coefficient (Wildman–Crippen LogP) is 0.887. The SMILES string of the molecule is COc1ccc(N2C[C@@H](C(=O)N(C)C[C@H](C)O)CC2=O)cc1. The Labute approximate surface area is 130 Å². The first kappa shape index (κ1) is 16.3. The summed E-state index contributed by atoms with van der Waals surface area (Å²) in [6.07, 6.45) is -0.376. The number of carbonyl (C=O) groups excluding carboxylic acids is 2. The smallest absolute Gasteiger partial charge is 0.227 e. The van der Waals surface area contributed by atoms with E-state index in [4.69, 9.17) is 4.74 Å². The van der Waals surface area contributed by atoms with Crippen molar-refractivity contribution < 1.29 is 19.4 Å². The average molecular weight is 306 g/mol. The van der Waals surface area contributed by atoms with Crippen LogP contribution in [0.2, 0.25) is 0 Å². The number of carbonyl (C=O) groups is 2. The lowest BCUT2D eigenvalue weighted by molar-refractivity contribution is -0.135. The van der Waals surface area contributed by atoms with Gasteiger partial charge in [0.15, 0.2) is 0 Å². The van der Waals surface area contributed by atoms with Crippen molar-refractivity contribution in [2.75, 3.05) is 32.1 Å². The zero-order valence-corrected chi connectivity index (χ0v) is 13.2. The van der Waals surface area contributed by atoms with Crippen LogP contribution in [-0.4, -0.2) is 55.2 Å². The van der Waals surface area contributed by atoms with E-state index in [1.165, 1.54) is 4.90 Å². The number of hydrogen-bond donors (Lipinski definition) is 1. The predicted molar refractivity (Wildman–Crippen MR) is 82.8 cm³/mol. The number of ether oxygens (including phenoxy) is 1. The van der Waals surface area contributed by atoms with Crippen molar-refractivity contribution in [2.24, 2.45) is 5.92 Å². The third kappa shape index (κ3) is 3.57. The molecule has 1 N–H and O–H groups in total. The summed E-state index contributed by atoms with van der Waals surface area (Å²) in [5.74, 6) is 0.192. The Morgan fingerprint density at radius 2 is 2.09 bits per heavy atom. The fourth-order valence-electron chi connectivity index (χ4n) is 2.68. The van der Waals surface area contributed by atoms with E-state index < -0.39 is 6.10 Å². The van der Waals surface area contributed by atoms with Crippen molar-refractivity contribution in [3.8, 4) is 5.75 Å². The highest BCUT2D eigenvalue weighted by molar-refractivity contribution is 6.00. The maximum atomic E-state index is 12.3. The Morgan fingerprint density at radius 1 is 1.45 bits per heavy atom. The first-order valence-corrected chi connectivity index (χ1v) is 7.30. The number of nitrogens with zero attached hydrogens (tertiary/aromatic N) is 2. The van der Waals surface area contributed by atoms with Crippen molar-refractivity contribution in [2.45, 2.75) is 19.4 Å². The molecule has 1 saturated heterocycles. The van der Waals surface area contributed by atoms with Crippen molar-refractivity contribution >= 4 is 17.5 Å². The summed E-state index contributed by atoms with van der Waals surface area (Å²) in [4.78, 5) is 27.6. The summed E-state index contributed by atoms with van der Waals surface area (Å²) >= 11 is 0. The van der Waals surface area contributed by atoms with Gasteiger partial charge in [-0.3, -0.25) is 9.59 Å². The molecule has 0 saturated carbocycles. The van der Waals surface area contributed by atoms with E-state index in [0.29, 0.717) is 6.54 Å². The molecule has 1 aliphatic heterocycles. The topological polar surface area (TPSA) is 70.1 Å². The molecule has 1 aromatic carbocycles. The van der Waals surface area contributed by atoms with E-state index in [1.807, 2.05) is 12.1 Å². The summed E-state index contributed by atoms with van der Waals surface area (Å²) < 4.78 is 5.10. The molecule has 0 aromatic heterocycles. The molecular weight excluding hydrogens is 284 g/mol. The highest BCUT2D eigenvalue weighted by Gasteiger charge is 2.36. The second-order valence-corrected chi connectivity index (χ2v) is 5.67. The van der Waals surface area contributed by atoms with Gasteiger partial charge in [0.2, 0.25) is 11.8 Å². The Morgan fingerprint density at radius 3 is 2.64 bits per heavy atom. The van der Waals surface area contributed by atoms with Crippen LogP contribution in [0.4, 0.5) is 5.69 Å². The second kappa shape index (κ2) is 6.79. The second-order valence-electron chi connectivity index (χ2n) is 5.67. The molecule has 1 heterocycles. The molecule has 1 fully saturated rings. The third-order valence-corrected chi connectivity index (χ3v) is 3.77. The number of methoxy groups -OCH3 is 1. The molecule has 2 amide bonds. The average Bonchev–Trinajstić information content (AvgIpc) is 2.87. The molecule has 120 valence electrons. The van der Waals surface area contributed by atoms with E-state index >= 15 is 0 Å². The van der Waals surface area contributed by atoms with Gasteiger partial charge in [0.25, 0.3) is 0 Å². The van der Waals surface area contributed by atoms with E-state index in [0.717, 1.165) is 11.4 Å². The highest BCUT2D eigenvalue weighted by Crippen LogP contribution is 2.27. The largest absolute Gasteiger partial charge is 0.497 e. The number of likely N-dealkylation sites (N-methyl/N-ethyl adjacent to an activating group) is 1. The number of aliphatic hydroxyl groups is 1. The zero-order chi connectivity index (χ0) is 16.3. The molecule has 2 atom stereocenters. The van der Waals surface area contributed by atoms with E-state index in [2.05, 4.69) is 0 Å². The van der Waals surface area contributed by atoms with Crippen LogP contribution in [0.25, 0.3) is 0 Å². The molecular formula is C16H22N2O4. The molecule has 0 unspecified atom stereocenters. The number of anilines is 1. The van der Waals surface area contributed by atoms with Gasteiger partial charge in [0.1, 0.15) is 5.75 Å². The number of rotatable bonds is 5. The molecule has 22 heavy (non-hydrogen) atoms. The quantitative estimate of drug-likeness (QED) is 0.877. The first-order valence-electron chi connectivity index (χ1n) is 7.30. The summed E-state index contributed by atoms with van der Waals surface area (Å²) in [5, 5.41) is 9.36. The van der Waals surface area contributed by atoms with Crippen molar-refractivity contribution in [1.29, 1.82) is 0 Å². The van der Waals surface area contributed by atoms with Gasteiger partial charge in [-0.05, 0) is 31.2 Å². The third-order valence-electron chi connectivity index (χ3n) is 3.77. The lowest BCUT2D eigenvalue weighted by atomic mass is 10.1. The minimum Gasteiger partial charge on any atom is -0.497 e. The van der Waals surface area contributed by atoms with Gasteiger partial charge in [-0.2, -0.15) is 0 Å². The Kier molecular flexibility index (Phi) is 5.03. The Bertz CT molecular complexity index is 542. The number of aliphatic hydroxyl groups excluding tert-OH is 1. The van der Waals surface area contributed by atoms with Crippen molar-refractivity contribution in [3.05, 3.63) is 24.3 Å². The normalized spacial score (nSPS) is 19.2. The highest BCUT2D eigenvalue weighted by atomic mass is 16.5. The van der Waals surface area contributed by atoms with Crippen LogP contribution in [0, 0.1) is 5.92 Å². The fourth-order valence-corrected chi connectivity index (χ4v) is 2.68. The lowest BCUT2D eigenvalue weighted by Crippen LogP contribution is -2.38. The van der Waals surface area contributed by atoms with Crippen molar-refractivity contribution in [3.63, 3.8) is 0 Å². The molecule has 0 radical (unpaired) electrons. The standard InChI is InChI=1S/C16H22N2O4/c1-11(19)9-17(2)16(21)12-8-15(20)18(10-12)13-4-6-14(22-3)7-5-13/h4-7,11-12,19H,8-10H2,1-3H3/t11-,12-/m0/s1. The molecule has 1 aromatic rings. The van der Waals surface area contributed by atoms with Gasteiger partial charge in [0.05, 0.1) is 19.1 Å². The summed E-state index contributed by atoms with van der Waals surface area (Å²) in [6.45, 7) is 2.27. The van der Waals surface area contributed by atoms with Gasteiger partial charge in [-0.15, -0.1) is 0 Å². The minimum atomic E-state index is -0.580. The van der Waals surface area contributed by atoms with E-state index in [-0.39, 0.29) is 30.7 Å². The van der Waals surface area contributed by atoms with Crippen LogP contribution in [-0.2, 0) is 9.59 Å². The number of hydrogen-bond acceptors (Lipinski definition) is 4. The van der Waals surface area contributed by atoms with Gasteiger partial charge in [0, 0.05) is 32.2 Å². The van der Waals surface area contributed by atoms with Crippen LogP contribution >= 0.6 is 0 Å². The molecule has 6 nitrogen and oxygen atoms in total. The maximum Gasteiger partial charge on any atom is 0.227 e. The molecule has 1 aliphatic rings. The van der Waals surface area contributed by atoms with Crippen LogP contribution in [0.3, 0.4) is 0 Å². The Balaban J connectivity index is 2.05. The summed E-state index contributed by atoms with van der Waals surface area (Å²) in [7, 11) is 3.23. The first-order chi connectivity index (χ1) is 10.4. The number of amides is 2. The van der Waals surface area contributed by atoms with E-state index in [1.54, 1.807) is 38.1 Å². The zero-order valence-electron chi connectivity index (χ0n) is 13.2. The summed E-state index contributed by atoms with van der Waals surface area (Å²) in [6, 6.07) is 7.20. The van der Waals surface area contributed by atoms with Crippen LogP contribution in [0.15, 0.2) is 24.3 Å². The molecule has 6 heteroatoms. The molecule has 0 aliphatic carbocycles. The van der Waals surface area contributed by atoms with E-state index in [9.17, 15) is 14.7 Å². The van der Waals surface area contributed by atoms with Gasteiger partial charge < -0.3 is 19.6 Å². The number of benzene rings is 1. The van der Waals surface area contributed by atoms with Gasteiger partial charge in [-0.25, -0.2) is 0 Å². The lowest BCUT2D eigenvalue weighted by Gasteiger charge is -2.22. The maximum absolute atomic E-state index is 12.3. The minimum absolute atomic E-state index is 0.0611. The molecule has 2 rings (SSSR count). The fraction of sp³-hybridized carbons (Fsp3) is 0.500. The van der Waals surface area contributed by atoms with Crippen LogP contribution < -0.4 is 9.64 Å². The Hall–Kier alpha value is -2.08. The van der Waals surface area contributed by atoms with Gasteiger partial charge >= 0.3 is 0 Å². The monoisotopic (exact) mass is 306 g/mol. The van der Waals surface area contributed by atoms with Crippen LogP contribution in [0.1, 0.15) is 13.3 Å². The summed E-state index contributed by atoms with van der Waals surface area (Å²) in [5.41, 5.74) is 0.763. The van der Waals surface area contributed by atoms with Crippen molar-refractivity contribution in [1.82, 2.24) is 4.90 Å². The van der Waals surface area contributed by atoms with Gasteiger partial charge in [-0.1, -0.05) is 0 Å². The molecule has 0 spiro atoms. The molecule has 0 bridgehead atoms. The van der Waals surface area contributed by atoms with Crippen LogP contribution in [0.5, 0.6) is 5.75 Å².